The number of nitrogens with one attached hydrogen (secondary N) is 2. The topological polar surface area (TPSA) is 88.4 Å². The van der Waals surface area contributed by atoms with E-state index in [1.54, 1.807) is 31.4 Å². The summed E-state index contributed by atoms with van der Waals surface area (Å²) in [5, 5.41) is 2.70. The Kier molecular flexibility index (Phi) is 5.57. The highest BCUT2D eigenvalue weighted by atomic mass is 32.2. The third-order valence-corrected chi connectivity index (χ3v) is 4.95. The van der Waals surface area contributed by atoms with Gasteiger partial charge in [0.05, 0.1) is 17.4 Å². The van der Waals surface area contributed by atoms with Crippen molar-refractivity contribution in [2.24, 2.45) is 0 Å². The van der Waals surface area contributed by atoms with Crippen LogP contribution in [0.4, 0.5) is 0 Å². The maximum absolute atomic E-state index is 12.3. The van der Waals surface area contributed by atoms with Crippen LogP contribution in [0.15, 0.2) is 46.1 Å². The van der Waals surface area contributed by atoms with Crippen molar-refractivity contribution in [1.82, 2.24) is 10.0 Å². The average molecular weight is 336 g/mol. The Morgan fingerprint density at radius 2 is 2.00 bits per heavy atom. The number of furan rings is 1. The Morgan fingerprint density at radius 3 is 2.70 bits per heavy atom. The Hall–Kier alpha value is -2.12. The Bertz CT molecular complexity index is 767. The Labute approximate surface area is 135 Å². The van der Waals surface area contributed by atoms with Crippen LogP contribution in [0.25, 0.3) is 0 Å². The van der Waals surface area contributed by atoms with E-state index >= 15 is 0 Å². The van der Waals surface area contributed by atoms with Crippen molar-refractivity contribution in [2.45, 2.75) is 31.7 Å². The van der Waals surface area contributed by atoms with Crippen LogP contribution in [0.2, 0.25) is 0 Å². The van der Waals surface area contributed by atoms with Crippen molar-refractivity contribution in [3.05, 3.63) is 53.5 Å². The molecule has 0 bridgehead atoms. The lowest BCUT2D eigenvalue weighted by Gasteiger charge is -2.10. The third-order valence-electron chi connectivity index (χ3n) is 3.35. The second kappa shape index (κ2) is 7.43. The van der Waals surface area contributed by atoms with E-state index in [9.17, 15) is 13.2 Å². The molecule has 6 nitrogen and oxygen atoms in total. The Balaban J connectivity index is 1.85. The minimum absolute atomic E-state index is 0.0485. The molecule has 1 aromatic heterocycles. The van der Waals surface area contributed by atoms with Crippen LogP contribution in [0, 0.1) is 13.8 Å². The first-order valence-corrected chi connectivity index (χ1v) is 8.71. The van der Waals surface area contributed by atoms with Gasteiger partial charge in [0.15, 0.2) is 0 Å². The van der Waals surface area contributed by atoms with Gasteiger partial charge in [-0.25, -0.2) is 13.1 Å². The smallest absolute Gasteiger partial charge is 0.240 e. The van der Waals surface area contributed by atoms with Crippen molar-refractivity contribution < 1.29 is 17.6 Å². The molecule has 124 valence electrons. The largest absolute Gasteiger partial charge is 0.472 e. The summed E-state index contributed by atoms with van der Waals surface area (Å²) in [7, 11) is -3.61. The molecule has 0 saturated carbocycles. The van der Waals surface area contributed by atoms with E-state index in [4.69, 9.17) is 4.42 Å². The average Bonchev–Trinajstić information content (AvgIpc) is 3.00. The molecule has 0 fully saturated rings. The molecular formula is C16H20N2O4S. The lowest BCUT2D eigenvalue weighted by Crippen LogP contribution is -2.30. The summed E-state index contributed by atoms with van der Waals surface area (Å²) < 4.78 is 31.9. The summed E-state index contributed by atoms with van der Waals surface area (Å²) in [5.74, 6) is -0.227. The number of rotatable bonds is 7. The molecule has 7 heteroatoms. The number of benzene rings is 1. The van der Waals surface area contributed by atoms with Gasteiger partial charge in [0, 0.05) is 25.1 Å². The molecule has 0 spiro atoms. The second-order valence-electron chi connectivity index (χ2n) is 5.33. The molecular weight excluding hydrogens is 316 g/mol. The van der Waals surface area contributed by atoms with E-state index in [0.717, 1.165) is 11.1 Å². The molecule has 2 aromatic rings. The van der Waals surface area contributed by atoms with E-state index < -0.39 is 10.0 Å². The van der Waals surface area contributed by atoms with E-state index in [2.05, 4.69) is 10.0 Å². The van der Waals surface area contributed by atoms with Crippen molar-refractivity contribution >= 4 is 15.9 Å². The molecule has 0 aliphatic heterocycles. The predicted octanol–water partition coefficient (Wildman–Crippen LogP) is 1.88. The summed E-state index contributed by atoms with van der Waals surface area (Å²) in [6.07, 6.45) is 3.14. The zero-order valence-corrected chi connectivity index (χ0v) is 13.9. The zero-order chi connectivity index (χ0) is 16.9. The molecule has 23 heavy (non-hydrogen) atoms. The van der Waals surface area contributed by atoms with Gasteiger partial charge in [0.1, 0.15) is 0 Å². The van der Waals surface area contributed by atoms with Crippen molar-refractivity contribution in [3.8, 4) is 0 Å². The summed E-state index contributed by atoms with van der Waals surface area (Å²) in [6.45, 7) is 3.99. The van der Waals surface area contributed by atoms with Crippen LogP contribution in [-0.4, -0.2) is 20.9 Å². The lowest BCUT2D eigenvalue weighted by atomic mass is 10.2. The number of carbonyl (C=O) groups is 1. The Morgan fingerprint density at radius 1 is 1.22 bits per heavy atom. The summed E-state index contributed by atoms with van der Waals surface area (Å²) in [5.41, 5.74) is 2.40. The van der Waals surface area contributed by atoms with Crippen LogP contribution >= 0.6 is 0 Å². The second-order valence-corrected chi connectivity index (χ2v) is 7.06. The van der Waals surface area contributed by atoms with Gasteiger partial charge in [-0.1, -0.05) is 12.1 Å². The fourth-order valence-electron chi connectivity index (χ4n) is 2.06. The van der Waals surface area contributed by atoms with Gasteiger partial charge in [-0.05, 0) is 37.1 Å². The minimum Gasteiger partial charge on any atom is -0.472 e. The van der Waals surface area contributed by atoms with Gasteiger partial charge in [0.25, 0.3) is 0 Å². The summed E-state index contributed by atoms with van der Waals surface area (Å²) in [4.78, 5) is 12.0. The normalized spacial score (nSPS) is 11.4. The van der Waals surface area contributed by atoms with Crippen LogP contribution in [0.5, 0.6) is 0 Å². The number of carbonyl (C=O) groups excluding carboxylic acids is 1. The van der Waals surface area contributed by atoms with E-state index in [1.807, 2.05) is 13.0 Å². The predicted molar refractivity (Wildman–Crippen MR) is 86.3 cm³/mol. The highest BCUT2D eigenvalue weighted by Crippen LogP contribution is 2.16. The number of hydrogen-bond donors (Lipinski definition) is 2. The number of aryl methyl sites for hydroxylation is 2. The van der Waals surface area contributed by atoms with E-state index in [-0.39, 0.29) is 23.8 Å². The van der Waals surface area contributed by atoms with Crippen molar-refractivity contribution in [3.63, 3.8) is 0 Å². The lowest BCUT2D eigenvalue weighted by molar-refractivity contribution is -0.121. The fraction of sp³-hybridized carbons (Fsp3) is 0.312. The first kappa shape index (κ1) is 17.2. The molecule has 0 aliphatic rings. The maximum Gasteiger partial charge on any atom is 0.240 e. The number of amides is 1. The van der Waals surface area contributed by atoms with Gasteiger partial charge in [-0.15, -0.1) is 0 Å². The molecule has 1 heterocycles. The van der Waals surface area contributed by atoms with Gasteiger partial charge >= 0.3 is 0 Å². The van der Waals surface area contributed by atoms with Crippen molar-refractivity contribution in [1.29, 1.82) is 0 Å². The van der Waals surface area contributed by atoms with Crippen molar-refractivity contribution in [2.75, 3.05) is 6.54 Å². The molecule has 2 N–H and O–H groups in total. The van der Waals surface area contributed by atoms with Gasteiger partial charge in [0.2, 0.25) is 15.9 Å². The zero-order valence-electron chi connectivity index (χ0n) is 13.1. The summed E-state index contributed by atoms with van der Waals surface area (Å²) >= 11 is 0. The third kappa shape index (κ3) is 4.94. The van der Waals surface area contributed by atoms with Crippen LogP contribution in [0.1, 0.15) is 23.1 Å². The van der Waals surface area contributed by atoms with Gasteiger partial charge in [-0.3, -0.25) is 4.79 Å². The molecule has 0 radical (unpaired) electrons. The minimum atomic E-state index is -3.61. The fourth-order valence-corrected chi connectivity index (χ4v) is 3.42. The molecule has 1 amide bonds. The van der Waals surface area contributed by atoms with Crippen LogP contribution in [0.3, 0.4) is 0 Å². The van der Waals surface area contributed by atoms with Crippen LogP contribution < -0.4 is 10.0 Å². The van der Waals surface area contributed by atoms with Gasteiger partial charge < -0.3 is 9.73 Å². The standard InChI is InChI=1S/C16H20N2O4S/c1-12-3-4-13(2)15(9-12)23(20,21)18-7-5-16(19)17-10-14-6-8-22-11-14/h3-4,6,8-9,11,18H,5,7,10H2,1-2H3,(H,17,19). The van der Waals surface area contributed by atoms with Gasteiger partial charge in [-0.2, -0.15) is 0 Å². The molecule has 1 aromatic carbocycles. The molecule has 0 atom stereocenters. The maximum atomic E-state index is 12.3. The van der Waals surface area contributed by atoms with E-state index in [0.29, 0.717) is 12.1 Å². The SMILES string of the molecule is Cc1ccc(C)c(S(=O)(=O)NCCC(=O)NCc2ccoc2)c1. The van der Waals surface area contributed by atoms with E-state index in [1.165, 1.54) is 6.26 Å². The quantitative estimate of drug-likeness (QED) is 0.808. The summed E-state index contributed by atoms with van der Waals surface area (Å²) in [6, 6.07) is 7.00. The number of sulfonamides is 1. The first-order chi connectivity index (χ1) is 10.9. The molecule has 2 rings (SSSR count). The highest BCUT2D eigenvalue weighted by Gasteiger charge is 2.16. The number of hydrogen-bond acceptors (Lipinski definition) is 4. The highest BCUT2D eigenvalue weighted by molar-refractivity contribution is 7.89. The van der Waals surface area contributed by atoms with Crippen LogP contribution in [-0.2, 0) is 21.4 Å². The molecule has 0 saturated heterocycles. The first-order valence-electron chi connectivity index (χ1n) is 7.23. The monoisotopic (exact) mass is 336 g/mol. The molecule has 0 aliphatic carbocycles. The molecule has 0 unspecified atom stereocenters.